The molecule has 0 radical (unpaired) electrons. The summed E-state index contributed by atoms with van der Waals surface area (Å²) in [7, 11) is 0. The third kappa shape index (κ3) is 2.72. The van der Waals surface area contributed by atoms with Crippen LogP contribution >= 0.6 is 15.9 Å². The van der Waals surface area contributed by atoms with Crippen LogP contribution in [0.3, 0.4) is 0 Å². The third-order valence-corrected chi connectivity index (χ3v) is 4.25. The van der Waals surface area contributed by atoms with Crippen LogP contribution in [-0.4, -0.2) is 18.3 Å². The summed E-state index contributed by atoms with van der Waals surface area (Å²) in [6.07, 6.45) is 2.63. The number of hydrogen-bond acceptors (Lipinski definition) is 2. The van der Waals surface area contributed by atoms with Crippen molar-refractivity contribution in [1.29, 1.82) is 0 Å². The fourth-order valence-electron chi connectivity index (χ4n) is 2.66. The van der Waals surface area contributed by atoms with E-state index in [1.165, 1.54) is 0 Å². The van der Waals surface area contributed by atoms with Crippen LogP contribution in [0.4, 0.5) is 0 Å². The number of halogens is 1. The van der Waals surface area contributed by atoms with Gasteiger partial charge in [-0.05, 0) is 42.9 Å². The Balaban J connectivity index is 2.29. The second-order valence-corrected chi connectivity index (χ2v) is 5.59. The molecule has 1 unspecified atom stereocenters. The van der Waals surface area contributed by atoms with Gasteiger partial charge >= 0.3 is 0 Å². The lowest BCUT2D eigenvalue weighted by Gasteiger charge is -2.38. The molecule has 2 rings (SSSR count). The first-order chi connectivity index (χ1) is 8.16. The van der Waals surface area contributed by atoms with Crippen LogP contribution in [0.5, 0.6) is 0 Å². The van der Waals surface area contributed by atoms with Crippen LogP contribution in [-0.2, 0) is 10.3 Å². The van der Waals surface area contributed by atoms with Gasteiger partial charge in [0.25, 0.3) is 0 Å². The van der Waals surface area contributed by atoms with Gasteiger partial charge in [-0.1, -0.05) is 35.0 Å². The van der Waals surface area contributed by atoms with E-state index in [4.69, 9.17) is 4.74 Å². The molecule has 1 saturated heterocycles. The lowest BCUT2D eigenvalue weighted by atomic mass is 9.75. The average Bonchev–Trinajstić information content (AvgIpc) is 2.39. The normalized spacial score (nSPS) is 21.1. The van der Waals surface area contributed by atoms with Crippen molar-refractivity contribution >= 4 is 15.9 Å². The second-order valence-electron chi connectivity index (χ2n) is 4.67. The molecule has 1 aliphatic heterocycles. The van der Waals surface area contributed by atoms with Gasteiger partial charge in [-0.2, -0.15) is 0 Å². The number of benzene rings is 1. The SMILES string of the molecule is CCC(O)(c1cccc(Br)c1)C1CCOCC1. The molecule has 0 aromatic heterocycles. The van der Waals surface area contributed by atoms with Gasteiger partial charge in [0.05, 0.1) is 5.60 Å². The van der Waals surface area contributed by atoms with E-state index in [0.717, 1.165) is 42.5 Å². The quantitative estimate of drug-likeness (QED) is 0.926. The van der Waals surface area contributed by atoms with E-state index in [1.807, 2.05) is 24.3 Å². The molecule has 1 fully saturated rings. The molecule has 0 bridgehead atoms. The Morgan fingerprint density at radius 1 is 1.41 bits per heavy atom. The molecule has 94 valence electrons. The molecule has 1 aliphatic rings. The highest BCUT2D eigenvalue weighted by Crippen LogP contribution is 2.39. The molecule has 3 heteroatoms. The van der Waals surface area contributed by atoms with Gasteiger partial charge in [0, 0.05) is 17.7 Å². The highest BCUT2D eigenvalue weighted by Gasteiger charge is 2.37. The van der Waals surface area contributed by atoms with Gasteiger partial charge in [-0.25, -0.2) is 0 Å². The Labute approximate surface area is 111 Å². The van der Waals surface area contributed by atoms with Gasteiger partial charge in [-0.3, -0.25) is 0 Å². The minimum Gasteiger partial charge on any atom is -0.385 e. The summed E-state index contributed by atoms with van der Waals surface area (Å²) in [6, 6.07) is 8.02. The molecule has 1 heterocycles. The number of rotatable bonds is 3. The van der Waals surface area contributed by atoms with Crippen LogP contribution in [0.1, 0.15) is 31.7 Å². The molecule has 0 amide bonds. The summed E-state index contributed by atoms with van der Waals surface area (Å²) < 4.78 is 6.40. The zero-order valence-electron chi connectivity index (χ0n) is 10.2. The maximum Gasteiger partial charge on any atom is 0.0924 e. The molecule has 1 aromatic rings. The Kier molecular flexibility index (Phi) is 4.23. The van der Waals surface area contributed by atoms with E-state index in [0.29, 0.717) is 5.92 Å². The lowest BCUT2D eigenvalue weighted by molar-refractivity contribution is -0.0731. The van der Waals surface area contributed by atoms with E-state index in [2.05, 4.69) is 22.9 Å². The minimum atomic E-state index is -0.715. The summed E-state index contributed by atoms with van der Waals surface area (Å²) >= 11 is 3.47. The summed E-state index contributed by atoms with van der Waals surface area (Å²) in [4.78, 5) is 0. The molecule has 0 aliphatic carbocycles. The first kappa shape index (κ1) is 13.1. The first-order valence-corrected chi connectivity index (χ1v) is 7.02. The van der Waals surface area contributed by atoms with E-state index in [-0.39, 0.29) is 0 Å². The molecule has 1 N–H and O–H groups in total. The van der Waals surface area contributed by atoms with Crippen molar-refractivity contribution in [1.82, 2.24) is 0 Å². The smallest absolute Gasteiger partial charge is 0.0924 e. The predicted octanol–water partition coefficient (Wildman–Crippen LogP) is 3.47. The third-order valence-electron chi connectivity index (χ3n) is 3.76. The van der Waals surface area contributed by atoms with Gasteiger partial charge in [-0.15, -0.1) is 0 Å². The molecular weight excluding hydrogens is 280 g/mol. The van der Waals surface area contributed by atoms with Crippen molar-refractivity contribution in [3.8, 4) is 0 Å². The Hall–Kier alpha value is -0.380. The molecule has 2 nitrogen and oxygen atoms in total. The van der Waals surface area contributed by atoms with Gasteiger partial charge in [0.1, 0.15) is 0 Å². The van der Waals surface area contributed by atoms with Crippen LogP contribution in [0.25, 0.3) is 0 Å². The second kappa shape index (κ2) is 5.51. The average molecular weight is 299 g/mol. The molecule has 17 heavy (non-hydrogen) atoms. The maximum atomic E-state index is 11.0. The molecule has 0 spiro atoms. The van der Waals surface area contributed by atoms with Crippen LogP contribution < -0.4 is 0 Å². The van der Waals surface area contributed by atoms with E-state index in [9.17, 15) is 5.11 Å². The Morgan fingerprint density at radius 2 is 2.12 bits per heavy atom. The van der Waals surface area contributed by atoms with E-state index >= 15 is 0 Å². The Bertz CT molecular complexity index is 374. The number of hydrogen-bond donors (Lipinski definition) is 1. The molecular formula is C14H19BrO2. The summed E-state index contributed by atoms with van der Waals surface area (Å²) in [6.45, 7) is 3.58. The maximum absolute atomic E-state index is 11.0. The van der Waals surface area contributed by atoms with E-state index in [1.54, 1.807) is 0 Å². The topological polar surface area (TPSA) is 29.5 Å². The minimum absolute atomic E-state index is 0.301. The van der Waals surface area contributed by atoms with E-state index < -0.39 is 5.60 Å². The largest absolute Gasteiger partial charge is 0.385 e. The van der Waals surface area contributed by atoms with Gasteiger partial charge in [0.2, 0.25) is 0 Å². The Morgan fingerprint density at radius 3 is 2.71 bits per heavy atom. The number of ether oxygens (including phenoxy) is 1. The molecule has 1 atom stereocenters. The fourth-order valence-corrected chi connectivity index (χ4v) is 3.06. The molecule has 1 aromatic carbocycles. The van der Waals surface area contributed by atoms with Crippen LogP contribution in [0.15, 0.2) is 28.7 Å². The standard InChI is InChI=1S/C14H19BrO2/c1-2-14(16,11-6-8-17-9-7-11)12-4-3-5-13(15)10-12/h3-5,10-11,16H,2,6-9H2,1H3. The van der Waals surface area contributed by atoms with Crippen molar-refractivity contribution in [3.05, 3.63) is 34.3 Å². The highest BCUT2D eigenvalue weighted by molar-refractivity contribution is 9.10. The zero-order chi connectivity index (χ0) is 12.3. The van der Waals surface area contributed by atoms with Gasteiger partial charge < -0.3 is 9.84 Å². The van der Waals surface area contributed by atoms with Crippen LogP contribution in [0, 0.1) is 5.92 Å². The van der Waals surface area contributed by atoms with Crippen molar-refractivity contribution in [2.24, 2.45) is 5.92 Å². The molecule has 0 saturated carbocycles. The van der Waals surface area contributed by atoms with Crippen molar-refractivity contribution in [2.75, 3.05) is 13.2 Å². The van der Waals surface area contributed by atoms with Crippen molar-refractivity contribution in [2.45, 2.75) is 31.8 Å². The predicted molar refractivity (Wildman–Crippen MR) is 71.9 cm³/mol. The van der Waals surface area contributed by atoms with Gasteiger partial charge in [0.15, 0.2) is 0 Å². The monoisotopic (exact) mass is 298 g/mol. The lowest BCUT2D eigenvalue weighted by Crippen LogP contribution is -2.38. The first-order valence-electron chi connectivity index (χ1n) is 6.23. The summed E-state index contributed by atoms with van der Waals surface area (Å²) in [5, 5.41) is 11.0. The zero-order valence-corrected chi connectivity index (χ0v) is 11.7. The number of aliphatic hydroxyl groups is 1. The van der Waals surface area contributed by atoms with Crippen LogP contribution in [0.2, 0.25) is 0 Å². The van der Waals surface area contributed by atoms with Crippen molar-refractivity contribution in [3.63, 3.8) is 0 Å². The highest BCUT2D eigenvalue weighted by atomic mass is 79.9. The summed E-state index contributed by atoms with van der Waals surface area (Å²) in [5.41, 5.74) is 0.300. The summed E-state index contributed by atoms with van der Waals surface area (Å²) in [5.74, 6) is 0.301. The fraction of sp³-hybridized carbons (Fsp3) is 0.571. The van der Waals surface area contributed by atoms with Crippen molar-refractivity contribution < 1.29 is 9.84 Å².